The van der Waals surface area contributed by atoms with Crippen molar-refractivity contribution < 1.29 is 22.8 Å². The predicted molar refractivity (Wildman–Crippen MR) is 128 cm³/mol. The van der Waals surface area contributed by atoms with Gasteiger partial charge in [-0.15, -0.1) is 0 Å². The first-order valence-electron chi connectivity index (χ1n) is 11.4. The third kappa shape index (κ3) is 4.30. The van der Waals surface area contributed by atoms with E-state index in [1.54, 1.807) is 11.0 Å². The normalized spacial score (nSPS) is 15.5. The van der Waals surface area contributed by atoms with Crippen molar-refractivity contribution in [1.29, 1.82) is 0 Å². The highest BCUT2D eigenvalue weighted by molar-refractivity contribution is 6.00. The monoisotopic (exact) mass is 493 g/mol. The molecule has 184 valence electrons. The average Bonchev–Trinajstić information content (AvgIpc) is 3.49. The van der Waals surface area contributed by atoms with E-state index in [2.05, 4.69) is 20.3 Å². The fraction of sp³-hybridized carbons (Fsp3) is 0.231. The van der Waals surface area contributed by atoms with Crippen molar-refractivity contribution in [2.45, 2.75) is 20.3 Å². The SMILES string of the molecule is Cc1ncnc(C)c1-c1ccc2cc(C(=O)N3CC[C@H](C(=O)Nc4cc(F)c(F)c(F)c4)C3)[nH]c2c1. The second kappa shape index (κ2) is 9.10. The molecule has 4 aromatic rings. The number of hydrogen-bond acceptors (Lipinski definition) is 4. The largest absolute Gasteiger partial charge is 0.351 e. The number of amides is 2. The number of nitrogens with one attached hydrogen (secondary N) is 2. The molecule has 0 aliphatic carbocycles. The van der Waals surface area contributed by atoms with Gasteiger partial charge in [0.05, 0.1) is 5.92 Å². The topological polar surface area (TPSA) is 91.0 Å². The summed E-state index contributed by atoms with van der Waals surface area (Å²) in [5.41, 5.74) is 4.59. The van der Waals surface area contributed by atoms with E-state index in [1.165, 1.54) is 6.33 Å². The van der Waals surface area contributed by atoms with E-state index < -0.39 is 29.3 Å². The van der Waals surface area contributed by atoms with Crippen LogP contribution in [0.2, 0.25) is 0 Å². The van der Waals surface area contributed by atoms with E-state index in [1.807, 2.05) is 32.0 Å². The highest BCUT2D eigenvalue weighted by atomic mass is 19.2. The summed E-state index contributed by atoms with van der Waals surface area (Å²) in [6.45, 7) is 4.34. The molecule has 1 atom stereocenters. The number of nitrogens with zero attached hydrogens (tertiary/aromatic N) is 3. The van der Waals surface area contributed by atoms with Gasteiger partial charge in [-0.25, -0.2) is 23.1 Å². The zero-order chi connectivity index (χ0) is 25.6. The van der Waals surface area contributed by atoms with Crippen LogP contribution in [0.4, 0.5) is 18.9 Å². The molecule has 36 heavy (non-hydrogen) atoms. The first kappa shape index (κ1) is 23.5. The van der Waals surface area contributed by atoms with Crippen molar-refractivity contribution in [3.63, 3.8) is 0 Å². The third-order valence-corrected chi connectivity index (χ3v) is 6.47. The molecule has 0 bridgehead atoms. The van der Waals surface area contributed by atoms with Gasteiger partial charge in [0.2, 0.25) is 5.91 Å². The summed E-state index contributed by atoms with van der Waals surface area (Å²) >= 11 is 0. The molecular weight excluding hydrogens is 471 g/mol. The minimum atomic E-state index is -1.60. The minimum absolute atomic E-state index is 0.150. The number of fused-ring (bicyclic) bond motifs is 1. The lowest BCUT2D eigenvalue weighted by Gasteiger charge is -2.16. The van der Waals surface area contributed by atoms with Gasteiger partial charge in [0, 0.05) is 58.8 Å². The summed E-state index contributed by atoms with van der Waals surface area (Å²) < 4.78 is 40.0. The number of halogens is 3. The molecule has 0 saturated carbocycles. The summed E-state index contributed by atoms with van der Waals surface area (Å²) in [5.74, 6) is -5.69. The molecule has 2 N–H and O–H groups in total. The van der Waals surface area contributed by atoms with Crippen LogP contribution in [0.25, 0.3) is 22.0 Å². The van der Waals surface area contributed by atoms with Crippen molar-refractivity contribution in [2.24, 2.45) is 5.92 Å². The van der Waals surface area contributed by atoms with Crippen LogP contribution in [-0.2, 0) is 4.79 Å². The van der Waals surface area contributed by atoms with Crippen LogP contribution in [0.3, 0.4) is 0 Å². The molecule has 2 aromatic carbocycles. The van der Waals surface area contributed by atoms with Gasteiger partial charge in [-0.3, -0.25) is 9.59 Å². The highest BCUT2D eigenvalue weighted by Gasteiger charge is 2.32. The number of hydrogen-bond donors (Lipinski definition) is 2. The van der Waals surface area contributed by atoms with Gasteiger partial charge in [0.25, 0.3) is 5.91 Å². The molecule has 0 unspecified atom stereocenters. The van der Waals surface area contributed by atoms with Crippen molar-refractivity contribution in [2.75, 3.05) is 18.4 Å². The number of aromatic amines is 1. The summed E-state index contributed by atoms with van der Waals surface area (Å²) in [5, 5.41) is 3.27. The van der Waals surface area contributed by atoms with E-state index in [0.717, 1.165) is 45.6 Å². The number of aryl methyl sites for hydroxylation is 2. The van der Waals surface area contributed by atoms with Crippen LogP contribution in [0.1, 0.15) is 28.3 Å². The van der Waals surface area contributed by atoms with Crippen LogP contribution in [0, 0.1) is 37.2 Å². The molecule has 10 heteroatoms. The first-order valence-corrected chi connectivity index (χ1v) is 11.4. The third-order valence-electron chi connectivity index (χ3n) is 6.47. The van der Waals surface area contributed by atoms with Crippen LogP contribution < -0.4 is 5.32 Å². The number of rotatable bonds is 4. The molecule has 2 amide bonds. The van der Waals surface area contributed by atoms with Gasteiger partial charge in [0.15, 0.2) is 17.5 Å². The molecule has 1 saturated heterocycles. The lowest BCUT2D eigenvalue weighted by Crippen LogP contribution is -2.31. The lowest BCUT2D eigenvalue weighted by atomic mass is 10.0. The quantitative estimate of drug-likeness (QED) is 0.401. The smallest absolute Gasteiger partial charge is 0.270 e. The Bertz CT molecular complexity index is 1470. The zero-order valence-electron chi connectivity index (χ0n) is 19.5. The predicted octanol–water partition coefficient (Wildman–Crippen LogP) is 4.76. The Kier molecular flexibility index (Phi) is 5.95. The van der Waals surface area contributed by atoms with Crippen molar-refractivity contribution in [1.82, 2.24) is 19.9 Å². The molecule has 1 aliphatic heterocycles. The fourth-order valence-corrected chi connectivity index (χ4v) is 4.61. The van der Waals surface area contributed by atoms with E-state index in [9.17, 15) is 22.8 Å². The van der Waals surface area contributed by atoms with E-state index in [4.69, 9.17) is 0 Å². The molecule has 0 spiro atoms. The fourth-order valence-electron chi connectivity index (χ4n) is 4.61. The van der Waals surface area contributed by atoms with Gasteiger partial charge in [-0.05, 0) is 38.0 Å². The Morgan fingerprint density at radius 3 is 2.42 bits per heavy atom. The van der Waals surface area contributed by atoms with E-state index in [-0.39, 0.29) is 18.1 Å². The van der Waals surface area contributed by atoms with Gasteiger partial charge in [0.1, 0.15) is 12.0 Å². The van der Waals surface area contributed by atoms with Gasteiger partial charge < -0.3 is 15.2 Å². The Hall–Kier alpha value is -4.21. The average molecular weight is 493 g/mol. The minimum Gasteiger partial charge on any atom is -0.351 e. The number of benzene rings is 2. The first-order chi connectivity index (χ1) is 17.2. The molecule has 0 radical (unpaired) electrons. The Morgan fingerprint density at radius 1 is 1.03 bits per heavy atom. The van der Waals surface area contributed by atoms with E-state index in [0.29, 0.717) is 18.7 Å². The van der Waals surface area contributed by atoms with E-state index >= 15 is 0 Å². The summed E-state index contributed by atoms with van der Waals surface area (Å²) in [6, 6.07) is 9.03. The summed E-state index contributed by atoms with van der Waals surface area (Å²) in [6.07, 6.45) is 1.92. The summed E-state index contributed by atoms with van der Waals surface area (Å²) in [7, 11) is 0. The standard InChI is InChI=1S/C26H22F3N5O2/c1-13-23(14(2)31-12-30-13)16-4-3-15-7-22(33-21(15)8-16)26(36)34-6-5-17(11-34)25(35)32-18-9-19(27)24(29)20(28)10-18/h3-4,7-10,12,17,33H,5-6,11H2,1-2H3,(H,32,35)/t17-/m0/s1. The number of carbonyl (C=O) groups excluding carboxylic acids is 2. The van der Waals surface area contributed by atoms with Gasteiger partial charge in [-0.1, -0.05) is 12.1 Å². The number of likely N-dealkylation sites (tertiary alicyclic amines) is 1. The van der Waals surface area contributed by atoms with Gasteiger partial charge >= 0.3 is 0 Å². The molecule has 1 fully saturated rings. The number of anilines is 1. The maximum atomic E-state index is 13.4. The van der Waals surface area contributed by atoms with Crippen molar-refractivity contribution in [3.8, 4) is 11.1 Å². The Labute approximate surface area is 204 Å². The summed E-state index contributed by atoms with van der Waals surface area (Å²) in [4.78, 5) is 39.0. The maximum Gasteiger partial charge on any atom is 0.270 e. The number of carbonyl (C=O) groups is 2. The second-order valence-corrected chi connectivity index (χ2v) is 8.88. The molecular formula is C26H22F3N5O2. The van der Waals surface area contributed by atoms with Crippen LogP contribution in [0.15, 0.2) is 42.7 Å². The lowest BCUT2D eigenvalue weighted by molar-refractivity contribution is -0.119. The maximum absolute atomic E-state index is 13.4. The number of H-pyrrole nitrogens is 1. The van der Waals surface area contributed by atoms with Crippen LogP contribution >= 0.6 is 0 Å². The second-order valence-electron chi connectivity index (χ2n) is 8.88. The number of aromatic nitrogens is 3. The molecule has 7 nitrogen and oxygen atoms in total. The van der Waals surface area contributed by atoms with Crippen LogP contribution in [0.5, 0.6) is 0 Å². The Balaban J connectivity index is 1.30. The zero-order valence-corrected chi connectivity index (χ0v) is 19.5. The van der Waals surface area contributed by atoms with Crippen molar-refractivity contribution >= 4 is 28.4 Å². The molecule has 1 aliphatic rings. The molecule has 5 rings (SSSR count). The highest BCUT2D eigenvalue weighted by Crippen LogP contribution is 2.29. The molecule has 2 aromatic heterocycles. The van der Waals surface area contributed by atoms with Crippen LogP contribution in [-0.4, -0.2) is 44.8 Å². The van der Waals surface area contributed by atoms with Crippen molar-refractivity contribution in [3.05, 3.63) is 77.3 Å². The molecule has 3 heterocycles. The van der Waals surface area contributed by atoms with Gasteiger partial charge in [-0.2, -0.15) is 0 Å². The Morgan fingerprint density at radius 2 is 1.72 bits per heavy atom.